The maximum Gasteiger partial charge on any atom is 0.194 e. The molecule has 0 spiro atoms. The molecule has 0 amide bonds. The van der Waals surface area contributed by atoms with Gasteiger partial charge in [-0.3, -0.25) is 0 Å². The van der Waals surface area contributed by atoms with Crippen LogP contribution in [0.2, 0.25) is 0 Å². The SMILES string of the molecule is [C-]#[N+]c1c(C(C)(C)C)cc(C(C)(C)C)cc1C(C)(C)C. The van der Waals surface area contributed by atoms with Gasteiger partial charge in [0.2, 0.25) is 0 Å². The lowest BCUT2D eigenvalue weighted by Gasteiger charge is -2.31. The van der Waals surface area contributed by atoms with Crippen LogP contribution in [0, 0.1) is 6.57 Å². The summed E-state index contributed by atoms with van der Waals surface area (Å²) >= 11 is 0. The van der Waals surface area contributed by atoms with Crippen molar-refractivity contribution in [3.05, 3.63) is 40.2 Å². The average Bonchev–Trinajstić information content (AvgIpc) is 2.23. The molecule has 0 saturated carbocycles. The summed E-state index contributed by atoms with van der Waals surface area (Å²) in [5.41, 5.74) is 4.58. The fourth-order valence-electron chi connectivity index (χ4n) is 2.33. The second-order valence-electron chi connectivity index (χ2n) is 8.78. The van der Waals surface area contributed by atoms with Gasteiger partial charge in [0.05, 0.1) is 6.57 Å². The van der Waals surface area contributed by atoms with Crippen LogP contribution in [0.25, 0.3) is 4.85 Å². The highest BCUT2D eigenvalue weighted by Gasteiger charge is 2.28. The van der Waals surface area contributed by atoms with Crippen molar-refractivity contribution < 1.29 is 0 Å². The van der Waals surface area contributed by atoms with Crippen LogP contribution >= 0.6 is 0 Å². The summed E-state index contributed by atoms with van der Waals surface area (Å²) in [6.07, 6.45) is 0. The predicted octanol–water partition coefficient (Wildman–Crippen LogP) is 6.13. The van der Waals surface area contributed by atoms with Crippen molar-refractivity contribution in [2.45, 2.75) is 78.6 Å². The van der Waals surface area contributed by atoms with Gasteiger partial charge in [0.25, 0.3) is 0 Å². The van der Waals surface area contributed by atoms with Crippen LogP contribution in [0.15, 0.2) is 12.1 Å². The number of benzene rings is 1. The van der Waals surface area contributed by atoms with Gasteiger partial charge >= 0.3 is 0 Å². The molecule has 1 rings (SSSR count). The zero-order valence-electron chi connectivity index (χ0n) is 14.6. The van der Waals surface area contributed by atoms with E-state index in [0.717, 1.165) is 5.69 Å². The van der Waals surface area contributed by atoms with Gasteiger partial charge in [-0.2, -0.15) is 0 Å². The second kappa shape index (κ2) is 4.92. The Bertz CT molecular complexity index is 502. The largest absolute Gasteiger partial charge is 0.238 e. The Morgan fingerprint density at radius 1 is 0.700 bits per heavy atom. The summed E-state index contributed by atoms with van der Waals surface area (Å²) in [4.78, 5) is 3.88. The zero-order valence-corrected chi connectivity index (χ0v) is 14.6. The van der Waals surface area contributed by atoms with Crippen LogP contribution in [-0.2, 0) is 16.2 Å². The summed E-state index contributed by atoms with van der Waals surface area (Å²) in [5, 5.41) is 0. The Morgan fingerprint density at radius 3 is 1.25 bits per heavy atom. The van der Waals surface area contributed by atoms with Crippen molar-refractivity contribution in [1.29, 1.82) is 0 Å². The first-order valence-corrected chi connectivity index (χ1v) is 7.35. The molecular formula is C19H29N. The van der Waals surface area contributed by atoms with Gasteiger partial charge in [0.1, 0.15) is 0 Å². The Balaban J connectivity index is 3.81. The Hall–Kier alpha value is -1.29. The summed E-state index contributed by atoms with van der Waals surface area (Å²) < 4.78 is 0. The second-order valence-corrected chi connectivity index (χ2v) is 8.78. The highest BCUT2D eigenvalue weighted by Crippen LogP contribution is 2.42. The van der Waals surface area contributed by atoms with E-state index in [4.69, 9.17) is 6.57 Å². The van der Waals surface area contributed by atoms with Crippen molar-refractivity contribution in [3.8, 4) is 0 Å². The molecule has 0 saturated heterocycles. The Morgan fingerprint density at radius 2 is 1.05 bits per heavy atom. The molecule has 1 heteroatoms. The minimum Gasteiger partial charge on any atom is -0.238 e. The van der Waals surface area contributed by atoms with Gasteiger partial charge in [-0.05, 0) is 32.9 Å². The number of rotatable bonds is 0. The van der Waals surface area contributed by atoms with Gasteiger partial charge in [-0.15, -0.1) is 0 Å². The Kier molecular flexibility index (Phi) is 4.12. The topological polar surface area (TPSA) is 4.36 Å². The summed E-state index contributed by atoms with van der Waals surface area (Å²) in [6.45, 7) is 27.5. The lowest BCUT2D eigenvalue weighted by molar-refractivity contribution is 0.552. The molecular weight excluding hydrogens is 242 g/mol. The van der Waals surface area contributed by atoms with Gasteiger partial charge in [0, 0.05) is 0 Å². The van der Waals surface area contributed by atoms with Gasteiger partial charge in [0.15, 0.2) is 5.69 Å². The van der Waals surface area contributed by atoms with Crippen molar-refractivity contribution in [1.82, 2.24) is 0 Å². The number of hydrogen-bond acceptors (Lipinski definition) is 0. The summed E-state index contributed by atoms with van der Waals surface area (Å²) in [5.74, 6) is 0. The molecule has 0 aliphatic heterocycles. The fourth-order valence-corrected chi connectivity index (χ4v) is 2.33. The van der Waals surface area contributed by atoms with E-state index in [9.17, 15) is 0 Å². The predicted molar refractivity (Wildman–Crippen MR) is 88.8 cm³/mol. The van der Waals surface area contributed by atoms with Crippen molar-refractivity contribution in [2.75, 3.05) is 0 Å². The van der Waals surface area contributed by atoms with E-state index in [1.165, 1.54) is 16.7 Å². The third-order valence-corrected chi connectivity index (χ3v) is 3.70. The van der Waals surface area contributed by atoms with Crippen molar-refractivity contribution in [3.63, 3.8) is 0 Å². The molecule has 0 radical (unpaired) electrons. The quantitative estimate of drug-likeness (QED) is 0.500. The van der Waals surface area contributed by atoms with Gasteiger partial charge in [-0.1, -0.05) is 74.4 Å². The third kappa shape index (κ3) is 3.42. The maximum absolute atomic E-state index is 7.64. The van der Waals surface area contributed by atoms with Crippen molar-refractivity contribution in [2.24, 2.45) is 0 Å². The first-order chi connectivity index (χ1) is 8.78. The molecule has 0 atom stereocenters. The monoisotopic (exact) mass is 271 g/mol. The van der Waals surface area contributed by atoms with Crippen LogP contribution in [0.5, 0.6) is 0 Å². The fraction of sp³-hybridized carbons (Fsp3) is 0.632. The lowest BCUT2D eigenvalue weighted by Crippen LogP contribution is -2.21. The van der Waals surface area contributed by atoms with Crippen molar-refractivity contribution >= 4 is 5.69 Å². The summed E-state index contributed by atoms with van der Waals surface area (Å²) in [6, 6.07) is 4.48. The molecule has 0 fully saturated rings. The number of hydrogen-bond donors (Lipinski definition) is 0. The van der Waals surface area contributed by atoms with Crippen LogP contribution in [0.3, 0.4) is 0 Å². The van der Waals surface area contributed by atoms with E-state index in [1.54, 1.807) is 0 Å². The molecule has 0 N–H and O–H groups in total. The molecule has 0 aliphatic carbocycles. The highest BCUT2D eigenvalue weighted by molar-refractivity contribution is 5.65. The lowest BCUT2D eigenvalue weighted by atomic mass is 9.74. The van der Waals surface area contributed by atoms with Crippen LogP contribution in [-0.4, -0.2) is 0 Å². The Labute approximate surface area is 125 Å². The van der Waals surface area contributed by atoms with E-state index in [1.807, 2.05) is 0 Å². The van der Waals surface area contributed by atoms with E-state index in [-0.39, 0.29) is 16.2 Å². The minimum atomic E-state index is -0.0128. The van der Waals surface area contributed by atoms with Gasteiger partial charge < -0.3 is 0 Å². The first-order valence-electron chi connectivity index (χ1n) is 7.35. The molecule has 0 heterocycles. The van der Waals surface area contributed by atoms with E-state index < -0.39 is 0 Å². The highest BCUT2D eigenvalue weighted by atomic mass is 14.7. The molecule has 1 aromatic rings. The zero-order chi connectivity index (χ0) is 15.9. The molecule has 1 nitrogen and oxygen atoms in total. The molecule has 110 valence electrons. The molecule has 0 unspecified atom stereocenters. The summed E-state index contributed by atoms with van der Waals surface area (Å²) in [7, 11) is 0. The van der Waals surface area contributed by atoms with E-state index in [2.05, 4.69) is 79.3 Å². The van der Waals surface area contributed by atoms with Crippen LogP contribution < -0.4 is 0 Å². The number of nitrogens with zero attached hydrogens (tertiary/aromatic N) is 1. The molecule has 20 heavy (non-hydrogen) atoms. The smallest absolute Gasteiger partial charge is 0.194 e. The molecule has 0 bridgehead atoms. The minimum absolute atomic E-state index is 0.0128. The van der Waals surface area contributed by atoms with E-state index >= 15 is 0 Å². The maximum atomic E-state index is 7.64. The molecule has 0 aromatic heterocycles. The third-order valence-electron chi connectivity index (χ3n) is 3.70. The average molecular weight is 271 g/mol. The first kappa shape index (κ1) is 16.8. The standard InChI is InChI=1S/C19H29N/c1-17(2,3)13-11-14(18(4,5)6)16(20-10)15(12-13)19(7,8)9/h11-12H,1-9H3. The van der Waals surface area contributed by atoms with E-state index in [0.29, 0.717) is 0 Å². The normalized spacial score (nSPS) is 13.2. The molecule has 1 aromatic carbocycles. The molecule has 0 aliphatic rings. The van der Waals surface area contributed by atoms with Crippen LogP contribution in [0.1, 0.15) is 79.0 Å². The van der Waals surface area contributed by atoms with Crippen LogP contribution in [0.4, 0.5) is 5.69 Å². The van der Waals surface area contributed by atoms with Gasteiger partial charge in [-0.25, -0.2) is 4.85 Å².